The Balaban J connectivity index is 0.000000720. The van der Waals surface area contributed by atoms with Crippen LogP contribution >= 0.6 is 24.8 Å². The third kappa shape index (κ3) is 4.18. The summed E-state index contributed by atoms with van der Waals surface area (Å²) in [5.74, 6) is 0. The number of hydrogen-bond acceptors (Lipinski definition) is 1. The zero-order valence-electron chi connectivity index (χ0n) is 7.53. The molecular weight excluding hydrogens is 241 g/mol. The molecule has 1 heterocycles. The van der Waals surface area contributed by atoms with E-state index in [1.807, 2.05) is 0 Å². The van der Waals surface area contributed by atoms with Crippen LogP contribution in [-0.4, -0.2) is 16.5 Å². The van der Waals surface area contributed by atoms with Crippen LogP contribution in [0.4, 0.5) is 0 Å². The fraction of sp³-hybridized carbons (Fsp3) is 0.556. The smallest absolute Gasteiger partial charge is 0.147 e. The zero-order chi connectivity index (χ0) is 7.52. The van der Waals surface area contributed by atoms with Gasteiger partial charge in [-0.1, -0.05) is 0 Å². The van der Waals surface area contributed by atoms with E-state index in [0.717, 1.165) is 0 Å². The molecule has 13 heavy (non-hydrogen) atoms. The Kier molecular flexibility index (Phi) is 7.48. The van der Waals surface area contributed by atoms with Crippen molar-refractivity contribution in [3.8, 4) is 0 Å². The molecule has 0 aromatic carbocycles. The Hall–Kier alpha value is 0.734. The van der Waals surface area contributed by atoms with Gasteiger partial charge in [-0.2, -0.15) is 0 Å². The van der Waals surface area contributed by atoms with Gasteiger partial charge in [-0.05, 0) is 0 Å². The molecule has 74 valence electrons. The first kappa shape index (κ1) is 13.7. The molecule has 1 aliphatic heterocycles. The summed E-state index contributed by atoms with van der Waals surface area (Å²) in [7, 11) is 0. The van der Waals surface area contributed by atoms with Crippen molar-refractivity contribution >= 4 is 24.8 Å². The Morgan fingerprint density at radius 3 is 2.38 bits per heavy atom. The van der Waals surface area contributed by atoms with E-state index in [9.17, 15) is 0 Å². The molecule has 0 N–H and O–H groups in total. The summed E-state index contributed by atoms with van der Waals surface area (Å²) < 4.78 is 4.39. The standard InChI is InChI=1S/C5H5.C4H8N.2ClH.Ti/c2*1-2-4-5-3-1;;;/h1-3H,4H2;1-4H2;2*1H;/q;-1;;;+1. The molecule has 0 aromatic heterocycles. The van der Waals surface area contributed by atoms with E-state index >= 15 is 0 Å². The van der Waals surface area contributed by atoms with E-state index in [4.69, 9.17) is 0 Å². The normalized spacial score (nSPS) is 20.5. The first-order chi connectivity index (χ1) is 5.45. The molecule has 0 aromatic rings. The molecule has 0 bridgehead atoms. The third-order valence-corrected chi connectivity index (χ3v) is 4.40. The van der Waals surface area contributed by atoms with Crippen LogP contribution in [0.15, 0.2) is 22.1 Å². The van der Waals surface area contributed by atoms with E-state index in [1.54, 1.807) is 3.88 Å². The van der Waals surface area contributed by atoms with Gasteiger partial charge in [-0.25, -0.2) is 0 Å². The summed E-state index contributed by atoms with van der Waals surface area (Å²) in [6.45, 7) is 2.74. The fourth-order valence-electron chi connectivity index (χ4n) is 1.56. The molecule has 1 aliphatic carbocycles. The topological polar surface area (TPSA) is 3.24 Å². The minimum Gasteiger partial charge on any atom is -0.147 e. The Bertz CT molecular complexity index is 198. The number of hydrogen-bond donors (Lipinski definition) is 0. The third-order valence-electron chi connectivity index (χ3n) is 2.18. The van der Waals surface area contributed by atoms with Gasteiger partial charge in [-0.3, -0.25) is 0 Å². The first-order valence-corrected chi connectivity index (χ1v) is 5.80. The molecule has 0 atom stereocenters. The maximum absolute atomic E-state index is 2.68. The predicted octanol–water partition coefficient (Wildman–Crippen LogP) is 2.77. The molecule has 0 spiro atoms. The van der Waals surface area contributed by atoms with Gasteiger partial charge in [0.15, 0.2) is 0 Å². The Labute approximate surface area is 102 Å². The van der Waals surface area contributed by atoms with Crippen molar-refractivity contribution in [2.45, 2.75) is 19.3 Å². The van der Waals surface area contributed by atoms with Gasteiger partial charge in [-0.15, -0.1) is 24.8 Å². The molecule has 1 fully saturated rings. The molecule has 0 radical (unpaired) electrons. The van der Waals surface area contributed by atoms with Crippen LogP contribution in [0, 0.1) is 0 Å². The fourth-order valence-corrected chi connectivity index (χ4v) is 3.63. The van der Waals surface area contributed by atoms with Crippen LogP contribution in [0.3, 0.4) is 0 Å². The monoisotopic (exact) mass is 255 g/mol. The molecule has 0 amide bonds. The van der Waals surface area contributed by atoms with Gasteiger partial charge < -0.3 is 0 Å². The summed E-state index contributed by atoms with van der Waals surface area (Å²) in [6, 6.07) is 0. The van der Waals surface area contributed by atoms with E-state index < -0.39 is 0 Å². The average molecular weight is 256 g/mol. The van der Waals surface area contributed by atoms with Gasteiger partial charge in [0.05, 0.1) is 0 Å². The number of allylic oxidation sites excluding steroid dienone is 4. The number of halogens is 2. The number of nitrogens with zero attached hydrogens (tertiary/aromatic N) is 1. The van der Waals surface area contributed by atoms with E-state index in [1.165, 1.54) is 32.4 Å². The summed E-state index contributed by atoms with van der Waals surface area (Å²) in [5.41, 5.74) is 0. The largest absolute Gasteiger partial charge is 0.147 e. The first-order valence-electron chi connectivity index (χ1n) is 4.32. The van der Waals surface area contributed by atoms with Crippen molar-refractivity contribution in [2.24, 2.45) is 0 Å². The minimum atomic E-state index is 0. The van der Waals surface area contributed by atoms with Gasteiger partial charge >= 0.3 is 77.2 Å². The van der Waals surface area contributed by atoms with Crippen LogP contribution in [0.1, 0.15) is 19.3 Å². The van der Waals surface area contributed by atoms with Crippen LogP contribution in [0.25, 0.3) is 0 Å². The second-order valence-electron chi connectivity index (χ2n) is 3.13. The van der Waals surface area contributed by atoms with Gasteiger partial charge in [0.2, 0.25) is 0 Å². The van der Waals surface area contributed by atoms with Crippen molar-refractivity contribution in [3.63, 3.8) is 0 Å². The minimum absolute atomic E-state index is 0. The van der Waals surface area contributed by atoms with Crippen LogP contribution in [-0.2, 0) is 19.4 Å². The van der Waals surface area contributed by atoms with Crippen LogP contribution in [0.5, 0.6) is 0 Å². The molecule has 0 unspecified atom stereocenters. The summed E-state index contributed by atoms with van der Waals surface area (Å²) >= 11 is 0.118. The van der Waals surface area contributed by atoms with Crippen molar-refractivity contribution < 1.29 is 19.4 Å². The predicted molar refractivity (Wildman–Crippen MR) is 57.1 cm³/mol. The average Bonchev–Trinajstić information content (AvgIpc) is 2.60. The van der Waals surface area contributed by atoms with Crippen LogP contribution in [0.2, 0.25) is 0 Å². The molecule has 0 saturated carbocycles. The second kappa shape index (κ2) is 7.08. The zero-order valence-corrected chi connectivity index (χ0v) is 10.7. The molecular formula is C9H15Cl2NTi. The summed E-state index contributed by atoms with van der Waals surface area (Å²) in [4.78, 5) is 0. The molecule has 4 heteroatoms. The van der Waals surface area contributed by atoms with E-state index in [-0.39, 0.29) is 44.2 Å². The molecule has 2 rings (SSSR count). The van der Waals surface area contributed by atoms with Crippen LogP contribution < -0.4 is 0 Å². The van der Waals surface area contributed by atoms with Crippen molar-refractivity contribution in [2.75, 3.05) is 13.1 Å². The van der Waals surface area contributed by atoms with E-state index in [2.05, 4.69) is 21.6 Å². The van der Waals surface area contributed by atoms with E-state index in [0.29, 0.717) is 0 Å². The van der Waals surface area contributed by atoms with Gasteiger partial charge in [0.25, 0.3) is 0 Å². The Morgan fingerprint density at radius 1 is 1.15 bits per heavy atom. The van der Waals surface area contributed by atoms with Crippen molar-refractivity contribution in [1.29, 1.82) is 0 Å². The van der Waals surface area contributed by atoms with Crippen molar-refractivity contribution in [3.05, 3.63) is 22.1 Å². The molecule has 1 saturated heterocycles. The maximum atomic E-state index is 2.68. The summed E-state index contributed by atoms with van der Waals surface area (Å²) in [5, 5.41) is 0. The quantitative estimate of drug-likeness (QED) is 0.686. The molecule has 2 aliphatic rings. The maximum Gasteiger partial charge on any atom is -0.147 e. The Morgan fingerprint density at radius 2 is 1.85 bits per heavy atom. The molecule has 1 nitrogen and oxygen atoms in total. The SMILES string of the molecule is C1=CC[C]([Ti][N]2CCCC2)=C1.Cl.Cl. The summed E-state index contributed by atoms with van der Waals surface area (Å²) in [6.07, 6.45) is 10.9. The second-order valence-corrected chi connectivity index (χ2v) is 5.47. The van der Waals surface area contributed by atoms with Gasteiger partial charge in [0.1, 0.15) is 0 Å². The van der Waals surface area contributed by atoms with Gasteiger partial charge in [0, 0.05) is 0 Å². The van der Waals surface area contributed by atoms with Crippen molar-refractivity contribution in [1.82, 2.24) is 3.38 Å². The number of rotatable bonds is 2.